The van der Waals surface area contributed by atoms with Crippen molar-refractivity contribution in [3.05, 3.63) is 0 Å². The molecule has 21 heavy (non-hydrogen) atoms. The van der Waals surface area contributed by atoms with Gasteiger partial charge in [-0.15, -0.1) is 0 Å². The molecule has 0 bridgehead atoms. The van der Waals surface area contributed by atoms with Crippen molar-refractivity contribution in [2.75, 3.05) is 13.6 Å². The highest BCUT2D eigenvalue weighted by atomic mass is 16.6. The van der Waals surface area contributed by atoms with Crippen LogP contribution in [0.5, 0.6) is 0 Å². The lowest BCUT2D eigenvalue weighted by Crippen LogP contribution is -2.51. The Bertz CT molecular complexity index is 416. The van der Waals surface area contributed by atoms with Gasteiger partial charge < -0.3 is 26.4 Å². The first-order chi connectivity index (χ1) is 9.55. The van der Waals surface area contributed by atoms with E-state index in [4.69, 9.17) is 10.5 Å². The molecule has 0 aromatic rings. The Labute approximate surface area is 123 Å². The summed E-state index contributed by atoms with van der Waals surface area (Å²) >= 11 is 0. The Kier molecular flexibility index (Phi) is 7.18. The molecule has 5 N–H and O–H groups in total. The van der Waals surface area contributed by atoms with Crippen molar-refractivity contribution in [3.8, 4) is 0 Å². The summed E-state index contributed by atoms with van der Waals surface area (Å²) in [5.74, 6) is -1.90. The highest BCUT2D eigenvalue weighted by Crippen LogP contribution is 2.07. The second kappa shape index (κ2) is 8.08. The first-order valence-electron chi connectivity index (χ1n) is 6.31. The number of nitrogens with two attached hydrogens (primary N) is 1. The van der Waals surface area contributed by atoms with Gasteiger partial charge in [0.1, 0.15) is 11.6 Å². The molecule has 0 unspecified atom stereocenters. The first kappa shape index (κ1) is 18.7. The SMILES string of the molecule is CNC(=O)CNC(=O)[C@H](CC(N)=O)NC(=O)OC(C)(C)C. The number of amides is 4. The predicted octanol–water partition coefficient (Wildman–Crippen LogP) is -1.38. The zero-order valence-corrected chi connectivity index (χ0v) is 12.6. The molecule has 0 saturated carbocycles. The van der Waals surface area contributed by atoms with Gasteiger partial charge in [0.05, 0.1) is 13.0 Å². The predicted molar refractivity (Wildman–Crippen MR) is 74.0 cm³/mol. The molecule has 0 aliphatic carbocycles. The minimum atomic E-state index is -1.21. The largest absolute Gasteiger partial charge is 0.444 e. The standard InChI is InChI=1S/C12H22N4O5/c1-12(2,3)21-11(20)16-7(5-8(13)17)10(19)15-6-9(18)14-4/h7H,5-6H2,1-4H3,(H2,13,17)(H,14,18)(H,15,19)(H,16,20)/t7-/m0/s1. The van der Waals surface area contributed by atoms with Crippen LogP contribution in [0.25, 0.3) is 0 Å². The second-order valence-electron chi connectivity index (χ2n) is 5.26. The average Bonchev–Trinajstić information content (AvgIpc) is 2.31. The molecular formula is C12H22N4O5. The molecule has 0 spiro atoms. The molecule has 4 amide bonds. The number of carbonyl (C=O) groups is 4. The van der Waals surface area contributed by atoms with Gasteiger partial charge in [0.25, 0.3) is 0 Å². The van der Waals surface area contributed by atoms with Gasteiger partial charge >= 0.3 is 6.09 Å². The first-order valence-corrected chi connectivity index (χ1v) is 6.31. The zero-order chi connectivity index (χ0) is 16.6. The van der Waals surface area contributed by atoms with Gasteiger partial charge in [-0.05, 0) is 20.8 Å². The van der Waals surface area contributed by atoms with Crippen molar-refractivity contribution in [3.63, 3.8) is 0 Å². The topological polar surface area (TPSA) is 140 Å². The summed E-state index contributed by atoms with van der Waals surface area (Å²) in [6.45, 7) is 4.69. The van der Waals surface area contributed by atoms with E-state index >= 15 is 0 Å². The minimum Gasteiger partial charge on any atom is -0.444 e. The third kappa shape index (κ3) is 9.25. The molecule has 120 valence electrons. The molecule has 0 fully saturated rings. The molecule has 0 aliphatic rings. The van der Waals surface area contributed by atoms with Crippen LogP contribution in [0.2, 0.25) is 0 Å². The number of primary amides is 1. The third-order valence-corrected chi connectivity index (χ3v) is 2.11. The van der Waals surface area contributed by atoms with Gasteiger partial charge in [-0.25, -0.2) is 4.79 Å². The summed E-state index contributed by atoms with van der Waals surface area (Å²) in [4.78, 5) is 45.4. The average molecular weight is 302 g/mol. The van der Waals surface area contributed by atoms with Gasteiger partial charge in [0, 0.05) is 7.05 Å². The maximum Gasteiger partial charge on any atom is 0.408 e. The molecule has 0 radical (unpaired) electrons. The van der Waals surface area contributed by atoms with Crippen LogP contribution in [-0.2, 0) is 19.1 Å². The van der Waals surface area contributed by atoms with Crippen molar-refractivity contribution >= 4 is 23.8 Å². The number of nitrogens with one attached hydrogen (secondary N) is 3. The fraction of sp³-hybridized carbons (Fsp3) is 0.667. The summed E-state index contributed by atoms with van der Waals surface area (Å²) in [6.07, 6.45) is -1.26. The van der Waals surface area contributed by atoms with Crippen LogP contribution in [0.3, 0.4) is 0 Å². The van der Waals surface area contributed by atoms with Crippen LogP contribution >= 0.6 is 0 Å². The monoisotopic (exact) mass is 302 g/mol. The normalized spacial score (nSPS) is 12.0. The lowest BCUT2D eigenvalue weighted by molar-refractivity contribution is -0.129. The van der Waals surface area contributed by atoms with Crippen LogP contribution in [0.1, 0.15) is 27.2 Å². The van der Waals surface area contributed by atoms with Crippen LogP contribution in [0, 0.1) is 0 Å². The summed E-state index contributed by atoms with van der Waals surface area (Å²) in [6, 6.07) is -1.21. The van der Waals surface area contributed by atoms with E-state index < -0.39 is 41.9 Å². The number of rotatable bonds is 6. The van der Waals surface area contributed by atoms with Crippen molar-refractivity contribution in [1.82, 2.24) is 16.0 Å². The fourth-order valence-corrected chi connectivity index (χ4v) is 1.24. The molecule has 0 aromatic carbocycles. The number of likely N-dealkylation sites (N-methyl/N-ethyl adjacent to an activating group) is 1. The molecular weight excluding hydrogens is 280 g/mol. The zero-order valence-electron chi connectivity index (χ0n) is 12.6. The van der Waals surface area contributed by atoms with Gasteiger partial charge in [-0.2, -0.15) is 0 Å². The summed E-state index contributed by atoms with van der Waals surface area (Å²) in [7, 11) is 1.41. The molecule has 9 nitrogen and oxygen atoms in total. The smallest absolute Gasteiger partial charge is 0.408 e. The van der Waals surface area contributed by atoms with Gasteiger partial charge in [-0.3, -0.25) is 14.4 Å². The van der Waals surface area contributed by atoms with Gasteiger partial charge in [0.15, 0.2) is 0 Å². The van der Waals surface area contributed by atoms with E-state index in [2.05, 4.69) is 16.0 Å². The Morgan fingerprint density at radius 3 is 2.19 bits per heavy atom. The van der Waals surface area contributed by atoms with E-state index in [1.807, 2.05) is 0 Å². The van der Waals surface area contributed by atoms with E-state index in [-0.39, 0.29) is 6.54 Å². The van der Waals surface area contributed by atoms with Crippen LogP contribution in [-0.4, -0.2) is 49.1 Å². The fourth-order valence-electron chi connectivity index (χ4n) is 1.24. The van der Waals surface area contributed by atoms with Crippen LogP contribution in [0.4, 0.5) is 4.79 Å². The Balaban J connectivity index is 4.64. The molecule has 0 rings (SSSR count). The maximum absolute atomic E-state index is 11.8. The third-order valence-electron chi connectivity index (χ3n) is 2.11. The van der Waals surface area contributed by atoms with E-state index in [1.165, 1.54) is 7.05 Å². The number of ether oxygens (including phenoxy) is 1. The van der Waals surface area contributed by atoms with E-state index in [9.17, 15) is 19.2 Å². The Morgan fingerprint density at radius 2 is 1.76 bits per heavy atom. The molecule has 0 aromatic heterocycles. The number of hydrogen-bond donors (Lipinski definition) is 4. The number of carbonyl (C=O) groups excluding carboxylic acids is 4. The highest BCUT2D eigenvalue weighted by molar-refractivity contribution is 5.92. The summed E-state index contributed by atoms with van der Waals surface area (Å²) in [5.41, 5.74) is 4.28. The lowest BCUT2D eigenvalue weighted by Gasteiger charge is -2.22. The molecule has 0 saturated heterocycles. The van der Waals surface area contributed by atoms with Crippen molar-refractivity contribution < 1.29 is 23.9 Å². The molecule has 0 heterocycles. The highest BCUT2D eigenvalue weighted by Gasteiger charge is 2.26. The van der Waals surface area contributed by atoms with Crippen LogP contribution in [0.15, 0.2) is 0 Å². The van der Waals surface area contributed by atoms with Gasteiger partial charge in [-0.1, -0.05) is 0 Å². The van der Waals surface area contributed by atoms with Crippen molar-refractivity contribution in [1.29, 1.82) is 0 Å². The maximum atomic E-state index is 11.8. The second-order valence-corrected chi connectivity index (χ2v) is 5.26. The lowest BCUT2D eigenvalue weighted by atomic mass is 10.2. The minimum absolute atomic E-state index is 0.277. The number of alkyl carbamates (subject to hydrolysis) is 1. The molecule has 0 aliphatic heterocycles. The molecule has 9 heteroatoms. The van der Waals surface area contributed by atoms with Crippen LogP contribution < -0.4 is 21.7 Å². The summed E-state index contributed by atoms with van der Waals surface area (Å²) in [5, 5.41) is 6.83. The number of hydrogen-bond acceptors (Lipinski definition) is 5. The van der Waals surface area contributed by atoms with E-state index in [0.717, 1.165) is 0 Å². The molecule has 1 atom stereocenters. The summed E-state index contributed by atoms with van der Waals surface area (Å²) < 4.78 is 4.99. The van der Waals surface area contributed by atoms with Gasteiger partial charge in [0.2, 0.25) is 17.7 Å². The van der Waals surface area contributed by atoms with E-state index in [0.29, 0.717) is 0 Å². The van der Waals surface area contributed by atoms with E-state index in [1.54, 1.807) is 20.8 Å². The van der Waals surface area contributed by atoms with Crippen molar-refractivity contribution in [2.45, 2.75) is 38.8 Å². The quantitative estimate of drug-likeness (QED) is 0.478. The van der Waals surface area contributed by atoms with Crippen molar-refractivity contribution in [2.24, 2.45) is 5.73 Å². The Morgan fingerprint density at radius 1 is 1.19 bits per heavy atom. The Hall–Kier alpha value is -2.32.